The van der Waals surface area contributed by atoms with E-state index in [4.69, 9.17) is 21.1 Å². The average molecular weight is 298 g/mol. The number of hydrogen-bond donors (Lipinski definition) is 1. The van der Waals surface area contributed by atoms with Crippen molar-refractivity contribution in [1.29, 1.82) is 0 Å². The fourth-order valence-corrected chi connectivity index (χ4v) is 3.07. The van der Waals surface area contributed by atoms with Crippen LogP contribution in [-0.4, -0.2) is 32.9 Å². The quantitative estimate of drug-likeness (QED) is 0.747. The molecule has 0 bridgehead atoms. The van der Waals surface area contributed by atoms with Crippen LogP contribution in [0.2, 0.25) is 5.02 Å². The molecule has 1 aromatic carbocycles. The van der Waals surface area contributed by atoms with Crippen molar-refractivity contribution in [1.82, 2.24) is 5.32 Å². The van der Waals surface area contributed by atoms with Crippen molar-refractivity contribution in [3.63, 3.8) is 0 Å². The lowest BCUT2D eigenvalue weighted by Gasteiger charge is -2.19. The van der Waals surface area contributed by atoms with Gasteiger partial charge in [-0.3, -0.25) is 0 Å². The van der Waals surface area contributed by atoms with Crippen molar-refractivity contribution < 1.29 is 9.47 Å². The Morgan fingerprint density at radius 2 is 2.30 bits per heavy atom. The zero-order valence-electron chi connectivity index (χ0n) is 12.4. The Balaban J connectivity index is 2.06. The van der Waals surface area contributed by atoms with Crippen molar-refractivity contribution in [2.75, 3.05) is 26.9 Å². The van der Waals surface area contributed by atoms with Crippen LogP contribution in [0.4, 0.5) is 0 Å². The molecule has 1 heterocycles. The van der Waals surface area contributed by atoms with Gasteiger partial charge in [-0.15, -0.1) is 0 Å². The van der Waals surface area contributed by atoms with E-state index in [0.29, 0.717) is 6.04 Å². The molecular weight excluding hydrogens is 274 g/mol. The second kappa shape index (κ2) is 7.87. The number of benzene rings is 1. The van der Waals surface area contributed by atoms with Gasteiger partial charge in [0.2, 0.25) is 0 Å². The first-order valence-electron chi connectivity index (χ1n) is 7.41. The molecule has 1 aliphatic rings. The minimum Gasteiger partial charge on any atom is -0.493 e. The minimum atomic E-state index is 0.446. The first-order chi connectivity index (χ1) is 9.74. The number of nitrogens with one attached hydrogen (secondary N) is 1. The summed E-state index contributed by atoms with van der Waals surface area (Å²) in [6.45, 7) is 4.70. The molecule has 0 radical (unpaired) electrons. The summed E-state index contributed by atoms with van der Waals surface area (Å²) in [5, 5.41) is 4.36. The Kier molecular flexibility index (Phi) is 6.14. The van der Waals surface area contributed by atoms with Gasteiger partial charge < -0.3 is 14.8 Å². The summed E-state index contributed by atoms with van der Waals surface area (Å²) < 4.78 is 10.9. The Morgan fingerprint density at radius 3 is 3.05 bits per heavy atom. The van der Waals surface area contributed by atoms with Crippen LogP contribution in [0.15, 0.2) is 12.1 Å². The van der Waals surface area contributed by atoms with Crippen LogP contribution in [-0.2, 0) is 17.6 Å². The fourth-order valence-electron chi connectivity index (χ4n) is 2.80. The average Bonchev–Trinajstić information content (AvgIpc) is 2.87. The second-order valence-electron chi connectivity index (χ2n) is 5.25. The normalized spacial score (nSPS) is 14.9. The highest BCUT2D eigenvalue weighted by atomic mass is 35.5. The van der Waals surface area contributed by atoms with Gasteiger partial charge in [0, 0.05) is 31.2 Å². The van der Waals surface area contributed by atoms with E-state index in [1.807, 2.05) is 12.1 Å². The molecule has 4 heteroatoms. The van der Waals surface area contributed by atoms with Gasteiger partial charge in [-0.25, -0.2) is 0 Å². The van der Waals surface area contributed by atoms with Crippen LogP contribution < -0.4 is 10.1 Å². The SMILES string of the molecule is CCNC(CCCOC)Cc1cc(Cl)cc2c1OCC2. The molecule has 20 heavy (non-hydrogen) atoms. The van der Waals surface area contributed by atoms with Gasteiger partial charge in [-0.05, 0) is 49.1 Å². The summed E-state index contributed by atoms with van der Waals surface area (Å²) >= 11 is 6.22. The highest BCUT2D eigenvalue weighted by molar-refractivity contribution is 6.30. The second-order valence-corrected chi connectivity index (χ2v) is 5.68. The fraction of sp³-hybridized carbons (Fsp3) is 0.625. The number of ether oxygens (including phenoxy) is 2. The first kappa shape index (κ1) is 15.6. The number of halogens is 1. The maximum absolute atomic E-state index is 6.22. The van der Waals surface area contributed by atoms with E-state index in [2.05, 4.69) is 12.2 Å². The van der Waals surface area contributed by atoms with Gasteiger partial charge in [-0.1, -0.05) is 18.5 Å². The van der Waals surface area contributed by atoms with E-state index in [1.165, 1.54) is 11.1 Å². The topological polar surface area (TPSA) is 30.5 Å². The monoisotopic (exact) mass is 297 g/mol. The van der Waals surface area contributed by atoms with Crippen molar-refractivity contribution in [3.05, 3.63) is 28.3 Å². The van der Waals surface area contributed by atoms with Crippen molar-refractivity contribution in [2.24, 2.45) is 0 Å². The minimum absolute atomic E-state index is 0.446. The molecule has 2 rings (SSSR count). The van der Waals surface area contributed by atoms with Gasteiger partial charge in [-0.2, -0.15) is 0 Å². The molecule has 1 atom stereocenters. The van der Waals surface area contributed by atoms with Gasteiger partial charge in [0.1, 0.15) is 5.75 Å². The van der Waals surface area contributed by atoms with Crippen molar-refractivity contribution >= 4 is 11.6 Å². The van der Waals surface area contributed by atoms with Crippen LogP contribution in [0.3, 0.4) is 0 Å². The summed E-state index contributed by atoms with van der Waals surface area (Å²) in [6.07, 6.45) is 4.10. The molecular formula is C16H24ClNO2. The van der Waals surface area contributed by atoms with Crippen molar-refractivity contribution in [3.8, 4) is 5.75 Å². The number of hydrogen-bond acceptors (Lipinski definition) is 3. The molecule has 1 N–H and O–H groups in total. The standard InChI is InChI=1S/C16H24ClNO2/c1-3-18-15(5-4-7-19-2)11-13-10-14(17)9-12-6-8-20-16(12)13/h9-10,15,18H,3-8,11H2,1-2H3. The van der Waals surface area contributed by atoms with Crippen molar-refractivity contribution in [2.45, 2.75) is 38.6 Å². The van der Waals surface area contributed by atoms with Gasteiger partial charge in [0.15, 0.2) is 0 Å². The Hall–Kier alpha value is -0.770. The van der Waals surface area contributed by atoms with Gasteiger partial charge in [0.05, 0.1) is 6.61 Å². The smallest absolute Gasteiger partial charge is 0.125 e. The Morgan fingerprint density at radius 1 is 1.45 bits per heavy atom. The number of fused-ring (bicyclic) bond motifs is 1. The summed E-state index contributed by atoms with van der Waals surface area (Å²) in [4.78, 5) is 0. The van der Waals surface area contributed by atoms with Crippen LogP contribution >= 0.6 is 11.6 Å². The van der Waals surface area contributed by atoms with Gasteiger partial charge in [0.25, 0.3) is 0 Å². The lowest BCUT2D eigenvalue weighted by Crippen LogP contribution is -2.31. The van der Waals surface area contributed by atoms with Crippen LogP contribution in [0.5, 0.6) is 5.75 Å². The highest BCUT2D eigenvalue weighted by Gasteiger charge is 2.19. The maximum atomic E-state index is 6.22. The third-order valence-corrected chi connectivity index (χ3v) is 3.90. The van der Waals surface area contributed by atoms with Crippen LogP contribution in [0.1, 0.15) is 30.9 Å². The molecule has 0 aliphatic carbocycles. The predicted molar refractivity (Wildman–Crippen MR) is 82.9 cm³/mol. The van der Waals surface area contributed by atoms with E-state index in [9.17, 15) is 0 Å². The lowest BCUT2D eigenvalue weighted by atomic mass is 9.99. The summed E-state index contributed by atoms with van der Waals surface area (Å²) in [6, 6.07) is 4.52. The Labute approximate surface area is 126 Å². The van der Waals surface area contributed by atoms with Crippen LogP contribution in [0, 0.1) is 0 Å². The number of methoxy groups -OCH3 is 1. The van der Waals surface area contributed by atoms with E-state index >= 15 is 0 Å². The van der Waals surface area contributed by atoms with E-state index in [0.717, 1.165) is 56.2 Å². The molecule has 1 unspecified atom stereocenters. The number of rotatable bonds is 8. The molecule has 0 spiro atoms. The lowest BCUT2D eigenvalue weighted by molar-refractivity contribution is 0.188. The number of likely N-dealkylation sites (N-methyl/N-ethyl adjacent to an activating group) is 1. The Bertz CT molecular complexity index is 437. The predicted octanol–water partition coefficient (Wildman–Crippen LogP) is 3.22. The molecule has 0 saturated carbocycles. The summed E-state index contributed by atoms with van der Waals surface area (Å²) in [5.41, 5.74) is 2.48. The summed E-state index contributed by atoms with van der Waals surface area (Å²) in [5.74, 6) is 1.06. The molecule has 0 amide bonds. The zero-order chi connectivity index (χ0) is 14.4. The third kappa shape index (κ3) is 4.11. The summed E-state index contributed by atoms with van der Waals surface area (Å²) in [7, 11) is 1.75. The van der Waals surface area contributed by atoms with E-state index < -0.39 is 0 Å². The maximum Gasteiger partial charge on any atom is 0.125 e. The molecule has 1 aromatic rings. The van der Waals surface area contributed by atoms with Gasteiger partial charge >= 0.3 is 0 Å². The van der Waals surface area contributed by atoms with E-state index in [-0.39, 0.29) is 0 Å². The third-order valence-electron chi connectivity index (χ3n) is 3.69. The molecule has 0 saturated heterocycles. The van der Waals surface area contributed by atoms with Crippen LogP contribution in [0.25, 0.3) is 0 Å². The highest BCUT2D eigenvalue weighted by Crippen LogP contribution is 2.33. The molecule has 1 aliphatic heterocycles. The molecule has 0 fully saturated rings. The molecule has 112 valence electrons. The first-order valence-corrected chi connectivity index (χ1v) is 7.78. The largest absolute Gasteiger partial charge is 0.493 e. The van der Waals surface area contributed by atoms with E-state index in [1.54, 1.807) is 7.11 Å². The zero-order valence-corrected chi connectivity index (χ0v) is 13.1. The molecule has 0 aromatic heterocycles. The molecule has 3 nitrogen and oxygen atoms in total.